The summed E-state index contributed by atoms with van der Waals surface area (Å²) in [6.45, 7) is 11.9. The van der Waals surface area contributed by atoms with Crippen LogP contribution in [-0.4, -0.2) is 43.3 Å². The Balaban J connectivity index is 2.87. The van der Waals surface area contributed by atoms with E-state index in [0.29, 0.717) is 11.5 Å². The Morgan fingerprint density at radius 2 is 1.89 bits per heavy atom. The third-order valence-corrected chi connectivity index (χ3v) is 5.03. The fraction of sp³-hybridized carbons (Fsp3) is 1.00. The Morgan fingerprint density at radius 3 is 2.42 bits per heavy atom. The molecule has 2 atom stereocenters. The number of rotatable bonds is 6. The standard InChI is InChI=1S/C16H34N2O/c1-6-18(14(2)12-19-5)16(13-17)9-7-8-15(3,4)10-11-16/h14H,6-13,17H2,1-5H3. The second-order valence-electron chi connectivity index (χ2n) is 7.04. The van der Waals surface area contributed by atoms with E-state index in [0.717, 1.165) is 19.7 Å². The van der Waals surface area contributed by atoms with Crippen molar-refractivity contribution in [3.63, 3.8) is 0 Å². The minimum atomic E-state index is 0.181. The predicted octanol–water partition coefficient (Wildman–Crippen LogP) is 3.03. The molecule has 1 saturated carbocycles. The molecule has 0 aliphatic heterocycles. The molecule has 0 aromatic carbocycles. The number of likely N-dealkylation sites (N-methyl/N-ethyl adjacent to an activating group) is 1. The van der Waals surface area contributed by atoms with Gasteiger partial charge in [0.2, 0.25) is 0 Å². The molecule has 0 aromatic heterocycles. The van der Waals surface area contributed by atoms with Crippen LogP contribution in [0.3, 0.4) is 0 Å². The molecular weight excluding hydrogens is 236 g/mol. The van der Waals surface area contributed by atoms with Crippen molar-refractivity contribution in [1.29, 1.82) is 0 Å². The van der Waals surface area contributed by atoms with Gasteiger partial charge in [0, 0.05) is 25.2 Å². The highest BCUT2D eigenvalue weighted by atomic mass is 16.5. The zero-order valence-corrected chi connectivity index (χ0v) is 13.7. The monoisotopic (exact) mass is 270 g/mol. The summed E-state index contributed by atoms with van der Waals surface area (Å²) in [5, 5.41) is 0. The molecule has 0 saturated heterocycles. The first-order chi connectivity index (χ1) is 8.90. The summed E-state index contributed by atoms with van der Waals surface area (Å²) in [5.41, 5.74) is 6.88. The Kier molecular flexibility index (Phi) is 6.28. The van der Waals surface area contributed by atoms with Crippen LogP contribution in [0.4, 0.5) is 0 Å². The molecule has 0 radical (unpaired) electrons. The van der Waals surface area contributed by atoms with Crippen molar-refractivity contribution in [3.8, 4) is 0 Å². The topological polar surface area (TPSA) is 38.5 Å². The van der Waals surface area contributed by atoms with Gasteiger partial charge in [-0.1, -0.05) is 27.2 Å². The maximum Gasteiger partial charge on any atom is 0.0615 e. The van der Waals surface area contributed by atoms with Crippen molar-refractivity contribution in [2.45, 2.75) is 71.4 Å². The van der Waals surface area contributed by atoms with E-state index in [1.165, 1.54) is 32.1 Å². The van der Waals surface area contributed by atoms with Crippen LogP contribution < -0.4 is 5.73 Å². The second kappa shape index (κ2) is 7.05. The van der Waals surface area contributed by atoms with Gasteiger partial charge >= 0.3 is 0 Å². The first-order valence-electron chi connectivity index (χ1n) is 7.86. The summed E-state index contributed by atoms with van der Waals surface area (Å²) in [5.74, 6) is 0. The highest BCUT2D eigenvalue weighted by Gasteiger charge is 2.40. The van der Waals surface area contributed by atoms with E-state index in [2.05, 4.69) is 32.6 Å². The molecule has 2 N–H and O–H groups in total. The van der Waals surface area contributed by atoms with Gasteiger partial charge in [-0.3, -0.25) is 4.90 Å². The zero-order chi connectivity index (χ0) is 14.5. The van der Waals surface area contributed by atoms with Gasteiger partial charge in [0.1, 0.15) is 0 Å². The van der Waals surface area contributed by atoms with E-state index >= 15 is 0 Å². The van der Waals surface area contributed by atoms with Gasteiger partial charge in [-0.2, -0.15) is 0 Å². The first kappa shape index (κ1) is 16.9. The normalized spacial score (nSPS) is 29.2. The van der Waals surface area contributed by atoms with Crippen molar-refractivity contribution in [3.05, 3.63) is 0 Å². The van der Waals surface area contributed by atoms with E-state index in [9.17, 15) is 0 Å². The third kappa shape index (κ3) is 4.17. The summed E-state index contributed by atoms with van der Waals surface area (Å²) in [7, 11) is 1.79. The van der Waals surface area contributed by atoms with Crippen LogP contribution in [0.25, 0.3) is 0 Å². The van der Waals surface area contributed by atoms with Crippen LogP contribution in [0.5, 0.6) is 0 Å². The lowest BCUT2D eigenvalue weighted by Gasteiger charge is -2.46. The number of nitrogens with two attached hydrogens (primary N) is 1. The van der Waals surface area contributed by atoms with Crippen molar-refractivity contribution in [1.82, 2.24) is 4.90 Å². The van der Waals surface area contributed by atoms with E-state index in [4.69, 9.17) is 10.5 Å². The quantitative estimate of drug-likeness (QED) is 0.754. The van der Waals surface area contributed by atoms with Crippen LogP contribution in [0.15, 0.2) is 0 Å². The molecule has 0 bridgehead atoms. The largest absolute Gasteiger partial charge is 0.383 e. The molecule has 1 rings (SSSR count). The molecule has 0 heterocycles. The van der Waals surface area contributed by atoms with E-state index in [-0.39, 0.29) is 5.54 Å². The number of nitrogens with zero attached hydrogens (tertiary/aromatic N) is 1. The molecule has 0 amide bonds. The van der Waals surface area contributed by atoms with E-state index < -0.39 is 0 Å². The molecular formula is C16H34N2O. The van der Waals surface area contributed by atoms with Gasteiger partial charge in [-0.25, -0.2) is 0 Å². The second-order valence-corrected chi connectivity index (χ2v) is 7.04. The number of methoxy groups -OCH3 is 1. The molecule has 2 unspecified atom stereocenters. The fourth-order valence-corrected chi connectivity index (χ4v) is 3.77. The Morgan fingerprint density at radius 1 is 1.21 bits per heavy atom. The van der Waals surface area contributed by atoms with Crippen LogP contribution in [0, 0.1) is 5.41 Å². The average molecular weight is 270 g/mol. The minimum Gasteiger partial charge on any atom is -0.383 e. The summed E-state index contributed by atoms with van der Waals surface area (Å²) in [6, 6.07) is 0.444. The molecule has 3 nitrogen and oxygen atoms in total. The van der Waals surface area contributed by atoms with Gasteiger partial charge in [-0.05, 0) is 44.6 Å². The van der Waals surface area contributed by atoms with Crippen molar-refractivity contribution >= 4 is 0 Å². The van der Waals surface area contributed by atoms with E-state index in [1.54, 1.807) is 7.11 Å². The minimum absolute atomic E-state index is 0.181. The van der Waals surface area contributed by atoms with Crippen LogP contribution in [0.1, 0.15) is 59.8 Å². The molecule has 0 aromatic rings. The molecule has 1 aliphatic rings. The van der Waals surface area contributed by atoms with Crippen molar-refractivity contribution in [2.24, 2.45) is 11.1 Å². The lowest BCUT2D eigenvalue weighted by Crippen LogP contribution is -2.57. The van der Waals surface area contributed by atoms with E-state index in [1.807, 2.05) is 0 Å². The number of hydrogen-bond donors (Lipinski definition) is 1. The van der Waals surface area contributed by atoms with Crippen LogP contribution >= 0.6 is 0 Å². The van der Waals surface area contributed by atoms with Crippen LogP contribution in [-0.2, 0) is 4.74 Å². The SMILES string of the molecule is CCN(C(C)COC)C1(CN)CCCC(C)(C)CC1. The number of hydrogen-bond acceptors (Lipinski definition) is 3. The van der Waals surface area contributed by atoms with Gasteiger partial charge in [-0.15, -0.1) is 0 Å². The third-order valence-electron chi connectivity index (χ3n) is 5.03. The smallest absolute Gasteiger partial charge is 0.0615 e. The highest BCUT2D eigenvalue weighted by Crippen LogP contribution is 2.40. The fourth-order valence-electron chi connectivity index (χ4n) is 3.77. The molecule has 1 fully saturated rings. The highest BCUT2D eigenvalue weighted by molar-refractivity contribution is 4.97. The molecule has 0 spiro atoms. The van der Waals surface area contributed by atoms with Crippen molar-refractivity contribution < 1.29 is 4.74 Å². The Hall–Kier alpha value is -0.120. The summed E-state index contributed by atoms with van der Waals surface area (Å²) < 4.78 is 5.36. The summed E-state index contributed by atoms with van der Waals surface area (Å²) in [4.78, 5) is 2.60. The first-order valence-corrected chi connectivity index (χ1v) is 7.86. The summed E-state index contributed by atoms with van der Waals surface area (Å²) >= 11 is 0. The molecule has 3 heteroatoms. The predicted molar refractivity (Wildman–Crippen MR) is 82.4 cm³/mol. The van der Waals surface area contributed by atoms with Gasteiger partial charge < -0.3 is 10.5 Å². The average Bonchev–Trinajstić information content (AvgIpc) is 2.51. The molecule has 114 valence electrons. The molecule has 19 heavy (non-hydrogen) atoms. The van der Waals surface area contributed by atoms with Crippen LogP contribution in [0.2, 0.25) is 0 Å². The Bertz CT molecular complexity index is 267. The lowest BCUT2D eigenvalue weighted by molar-refractivity contribution is 0.00972. The summed E-state index contributed by atoms with van der Waals surface area (Å²) in [6.07, 6.45) is 6.35. The molecule has 1 aliphatic carbocycles. The zero-order valence-electron chi connectivity index (χ0n) is 13.7. The maximum atomic E-state index is 6.22. The maximum absolute atomic E-state index is 6.22. The van der Waals surface area contributed by atoms with Gasteiger partial charge in [0.15, 0.2) is 0 Å². The van der Waals surface area contributed by atoms with Gasteiger partial charge in [0.25, 0.3) is 0 Å². The number of ether oxygens (including phenoxy) is 1. The van der Waals surface area contributed by atoms with Gasteiger partial charge in [0.05, 0.1) is 6.61 Å². The lowest BCUT2D eigenvalue weighted by atomic mass is 9.82. The van der Waals surface area contributed by atoms with Crippen molar-refractivity contribution in [2.75, 3.05) is 26.8 Å². The Labute approximate surface area is 119 Å².